The molecular formula is C10H20O7. The zero-order valence-electron chi connectivity index (χ0n) is 10.1. The van der Waals surface area contributed by atoms with Crippen molar-refractivity contribution in [2.75, 3.05) is 20.8 Å². The largest absolute Gasteiger partial charge is 0.394 e. The first-order chi connectivity index (χ1) is 8.04. The number of hydrogen-bond donors (Lipinski definition) is 3. The molecule has 0 aromatic heterocycles. The van der Waals surface area contributed by atoms with Crippen LogP contribution in [-0.4, -0.2) is 73.1 Å². The van der Waals surface area contributed by atoms with Crippen LogP contribution < -0.4 is 0 Å². The van der Waals surface area contributed by atoms with Gasteiger partial charge in [0, 0.05) is 14.2 Å². The number of ether oxygens (including phenoxy) is 4. The Kier molecular flexibility index (Phi) is 5.74. The molecule has 0 aromatic carbocycles. The van der Waals surface area contributed by atoms with Gasteiger partial charge < -0.3 is 34.3 Å². The number of hydrogen-bond acceptors (Lipinski definition) is 7. The van der Waals surface area contributed by atoms with Gasteiger partial charge in [-0.25, -0.2) is 0 Å². The van der Waals surface area contributed by atoms with E-state index >= 15 is 0 Å². The maximum absolute atomic E-state index is 9.81. The van der Waals surface area contributed by atoms with E-state index in [1.54, 1.807) is 6.92 Å². The van der Waals surface area contributed by atoms with Gasteiger partial charge >= 0.3 is 0 Å². The van der Waals surface area contributed by atoms with E-state index in [0.717, 1.165) is 0 Å². The molecule has 17 heavy (non-hydrogen) atoms. The van der Waals surface area contributed by atoms with Crippen molar-refractivity contribution in [1.29, 1.82) is 0 Å². The van der Waals surface area contributed by atoms with Crippen molar-refractivity contribution in [2.24, 2.45) is 0 Å². The van der Waals surface area contributed by atoms with E-state index in [-0.39, 0.29) is 0 Å². The van der Waals surface area contributed by atoms with Gasteiger partial charge in [-0.1, -0.05) is 0 Å². The number of aliphatic hydroxyl groups excluding tert-OH is 3. The zero-order chi connectivity index (χ0) is 13.0. The molecule has 6 atom stereocenters. The predicted octanol–water partition coefficient (Wildman–Crippen LogP) is -1.55. The summed E-state index contributed by atoms with van der Waals surface area (Å²) in [6.45, 7) is 1.23. The Labute approximate surface area is 99.9 Å². The summed E-state index contributed by atoms with van der Waals surface area (Å²) in [4.78, 5) is 0. The Bertz CT molecular complexity index is 225. The predicted molar refractivity (Wildman–Crippen MR) is 56.1 cm³/mol. The van der Waals surface area contributed by atoms with Crippen LogP contribution in [-0.2, 0) is 18.9 Å². The minimum atomic E-state index is -1.22. The van der Waals surface area contributed by atoms with Crippen molar-refractivity contribution in [3.8, 4) is 0 Å². The highest BCUT2D eigenvalue weighted by Gasteiger charge is 2.45. The summed E-state index contributed by atoms with van der Waals surface area (Å²) in [6.07, 6.45) is -5.64. The Morgan fingerprint density at radius 1 is 1.24 bits per heavy atom. The molecule has 0 radical (unpaired) electrons. The second-order valence-corrected chi connectivity index (χ2v) is 3.85. The average molecular weight is 252 g/mol. The molecule has 1 heterocycles. The summed E-state index contributed by atoms with van der Waals surface area (Å²) in [7, 11) is 2.83. The van der Waals surface area contributed by atoms with E-state index in [0.29, 0.717) is 0 Å². The normalized spacial score (nSPS) is 40.2. The minimum Gasteiger partial charge on any atom is -0.394 e. The molecule has 102 valence electrons. The van der Waals surface area contributed by atoms with Crippen LogP contribution in [0.25, 0.3) is 0 Å². The molecule has 1 fully saturated rings. The Balaban J connectivity index is 2.71. The molecule has 0 spiro atoms. The Morgan fingerprint density at radius 2 is 1.88 bits per heavy atom. The lowest BCUT2D eigenvalue weighted by Crippen LogP contribution is -2.60. The average Bonchev–Trinajstić information content (AvgIpc) is 2.33. The minimum absolute atomic E-state index is 0.421. The third kappa shape index (κ3) is 3.35. The highest BCUT2D eigenvalue weighted by molar-refractivity contribution is 4.89. The maximum atomic E-state index is 9.81. The first-order valence-electron chi connectivity index (χ1n) is 5.38. The van der Waals surface area contributed by atoms with Gasteiger partial charge in [0.1, 0.15) is 24.4 Å². The molecule has 0 amide bonds. The summed E-state index contributed by atoms with van der Waals surface area (Å²) in [6, 6.07) is 0. The fourth-order valence-corrected chi connectivity index (χ4v) is 1.66. The molecule has 3 N–H and O–H groups in total. The quantitative estimate of drug-likeness (QED) is 0.509. The topological polar surface area (TPSA) is 97.6 Å². The van der Waals surface area contributed by atoms with Gasteiger partial charge in [0.25, 0.3) is 0 Å². The first kappa shape index (κ1) is 14.8. The fourth-order valence-electron chi connectivity index (χ4n) is 1.66. The fraction of sp³-hybridized carbons (Fsp3) is 1.00. The van der Waals surface area contributed by atoms with Crippen molar-refractivity contribution < 1.29 is 34.3 Å². The van der Waals surface area contributed by atoms with Gasteiger partial charge in [0.2, 0.25) is 0 Å². The van der Waals surface area contributed by atoms with Gasteiger partial charge in [-0.05, 0) is 6.92 Å². The van der Waals surface area contributed by atoms with Crippen LogP contribution in [0.3, 0.4) is 0 Å². The summed E-state index contributed by atoms with van der Waals surface area (Å²) >= 11 is 0. The molecule has 1 saturated heterocycles. The summed E-state index contributed by atoms with van der Waals surface area (Å²) in [5.41, 5.74) is 0. The van der Waals surface area contributed by atoms with Gasteiger partial charge in [-0.2, -0.15) is 0 Å². The number of rotatable bonds is 5. The highest BCUT2D eigenvalue weighted by Crippen LogP contribution is 2.24. The summed E-state index contributed by atoms with van der Waals surface area (Å²) in [5.74, 6) is 0. The van der Waals surface area contributed by atoms with Gasteiger partial charge in [-0.3, -0.25) is 0 Å². The van der Waals surface area contributed by atoms with E-state index in [9.17, 15) is 10.2 Å². The van der Waals surface area contributed by atoms with Crippen LogP contribution in [0.15, 0.2) is 0 Å². The molecule has 0 saturated carbocycles. The first-order valence-corrected chi connectivity index (χ1v) is 5.38. The molecule has 7 heteroatoms. The smallest absolute Gasteiger partial charge is 0.189 e. The third-order valence-corrected chi connectivity index (χ3v) is 2.75. The van der Waals surface area contributed by atoms with Crippen LogP contribution in [0.4, 0.5) is 0 Å². The zero-order valence-corrected chi connectivity index (χ0v) is 10.1. The third-order valence-electron chi connectivity index (χ3n) is 2.75. The van der Waals surface area contributed by atoms with E-state index < -0.39 is 43.6 Å². The van der Waals surface area contributed by atoms with Gasteiger partial charge in [0.15, 0.2) is 12.6 Å². The molecule has 0 aliphatic carbocycles. The van der Waals surface area contributed by atoms with Crippen molar-refractivity contribution >= 4 is 0 Å². The van der Waals surface area contributed by atoms with Crippen LogP contribution in [0.1, 0.15) is 6.92 Å². The van der Waals surface area contributed by atoms with Crippen LogP contribution >= 0.6 is 0 Å². The molecule has 1 rings (SSSR count). The van der Waals surface area contributed by atoms with Crippen molar-refractivity contribution in [3.63, 3.8) is 0 Å². The van der Waals surface area contributed by atoms with E-state index in [1.165, 1.54) is 14.2 Å². The van der Waals surface area contributed by atoms with Crippen molar-refractivity contribution in [3.05, 3.63) is 0 Å². The molecule has 0 bridgehead atoms. The van der Waals surface area contributed by atoms with Crippen molar-refractivity contribution in [1.82, 2.24) is 0 Å². The van der Waals surface area contributed by atoms with Crippen LogP contribution in [0, 0.1) is 0 Å². The second-order valence-electron chi connectivity index (χ2n) is 3.85. The molecule has 1 aliphatic rings. The lowest BCUT2D eigenvalue weighted by atomic mass is 9.99. The van der Waals surface area contributed by atoms with Gasteiger partial charge in [0.05, 0.1) is 6.61 Å². The maximum Gasteiger partial charge on any atom is 0.189 e. The molecular weight excluding hydrogens is 232 g/mol. The Hall–Kier alpha value is -0.280. The van der Waals surface area contributed by atoms with Crippen LogP contribution in [0.5, 0.6) is 0 Å². The molecule has 2 unspecified atom stereocenters. The lowest BCUT2D eigenvalue weighted by molar-refractivity contribution is -0.335. The van der Waals surface area contributed by atoms with Crippen molar-refractivity contribution in [2.45, 2.75) is 43.9 Å². The molecule has 0 aromatic rings. The van der Waals surface area contributed by atoms with E-state index in [1.807, 2.05) is 0 Å². The summed E-state index contributed by atoms with van der Waals surface area (Å²) in [5, 5.41) is 28.5. The lowest BCUT2D eigenvalue weighted by Gasteiger charge is -2.41. The van der Waals surface area contributed by atoms with E-state index in [2.05, 4.69) is 0 Å². The standard InChI is InChI=1S/C10H20O7/c1-5(14-2)16-10-9(15-3)8(13)7(12)6(4-11)17-10/h5-13H,4H2,1-3H3/t5?,6-,7-,8+,9-,10?/m1/s1. The monoisotopic (exact) mass is 252 g/mol. The SMILES string of the molecule is COC(C)OC1O[C@H](CO)[C@@H](O)[C@H](O)[C@H]1OC. The van der Waals surface area contributed by atoms with E-state index in [4.69, 9.17) is 24.1 Å². The second kappa shape index (κ2) is 6.60. The van der Waals surface area contributed by atoms with Gasteiger partial charge in [-0.15, -0.1) is 0 Å². The Morgan fingerprint density at radius 3 is 2.35 bits per heavy atom. The molecule has 7 nitrogen and oxygen atoms in total. The highest BCUT2D eigenvalue weighted by atomic mass is 16.8. The number of methoxy groups -OCH3 is 2. The summed E-state index contributed by atoms with van der Waals surface area (Å²) < 4.78 is 20.6. The van der Waals surface area contributed by atoms with Crippen LogP contribution in [0.2, 0.25) is 0 Å². The number of aliphatic hydroxyl groups is 3. The molecule has 1 aliphatic heterocycles.